The van der Waals surface area contributed by atoms with Crippen molar-refractivity contribution in [2.75, 3.05) is 0 Å². The molecule has 1 N–H and O–H groups in total. The maximum Gasteiger partial charge on any atom is 0.573 e. The normalized spacial score (nSPS) is 12.4. The van der Waals surface area contributed by atoms with Crippen LogP contribution in [0.3, 0.4) is 0 Å². The topological polar surface area (TPSA) is 68.3 Å². The zero-order valence-electron chi connectivity index (χ0n) is 16.0. The maximum atomic E-state index is 12.5. The van der Waals surface area contributed by atoms with Gasteiger partial charge in [0.15, 0.2) is 0 Å². The summed E-state index contributed by atoms with van der Waals surface area (Å²) in [4.78, 5) is 28.1. The monoisotopic (exact) mass is 394 g/mol. The molecule has 28 heavy (non-hydrogen) atoms. The van der Waals surface area contributed by atoms with Gasteiger partial charge in [0.1, 0.15) is 11.5 Å². The predicted octanol–water partition coefficient (Wildman–Crippen LogP) is 4.22. The van der Waals surface area contributed by atoms with Gasteiger partial charge in [0.2, 0.25) is 0 Å². The van der Waals surface area contributed by atoms with Gasteiger partial charge < -0.3 is 10.1 Å². The number of ketones is 1. The van der Waals surface area contributed by atoms with Gasteiger partial charge in [0.25, 0.3) is 5.91 Å². The van der Waals surface area contributed by atoms with Crippen LogP contribution in [-0.2, 0) is 11.2 Å². The van der Waals surface area contributed by atoms with Gasteiger partial charge in [0, 0.05) is 23.4 Å². The first-order valence-corrected chi connectivity index (χ1v) is 8.59. The molecular weight excluding hydrogens is 373 g/mol. The van der Waals surface area contributed by atoms with E-state index in [1.54, 1.807) is 26.0 Å². The number of hydrogen-bond acceptors (Lipinski definition) is 4. The highest BCUT2D eigenvalue weighted by Crippen LogP contribution is 2.27. The molecule has 0 spiro atoms. The first kappa shape index (κ1) is 21.4. The van der Waals surface area contributed by atoms with E-state index < -0.39 is 12.3 Å². The van der Waals surface area contributed by atoms with E-state index in [1.807, 2.05) is 0 Å². The molecule has 0 aliphatic carbocycles. The third-order valence-electron chi connectivity index (χ3n) is 3.97. The molecule has 2 aromatic rings. The van der Waals surface area contributed by atoms with Crippen LogP contribution in [0.25, 0.3) is 0 Å². The number of aromatic nitrogens is 1. The number of Topliss-reactive ketones (excluding diaryl/α,β-unsaturated/α-hetero) is 1. The summed E-state index contributed by atoms with van der Waals surface area (Å²) < 4.78 is 41.0. The summed E-state index contributed by atoms with van der Waals surface area (Å²) in [6.45, 7) is 6.48. The van der Waals surface area contributed by atoms with Crippen molar-refractivity contribution in [3.05, 3.63) is 58.4 Å². The number of halogens is 3. The highest BCUT2D eigenvalue weighted by Gasteiger charge is 2.31. The second kappa shape index (κ2) is 8.41. The van der Waals surface area contributed by atoms with E-state index in [0.717, 1.165) is 17.3 Å². The van der Waals surface area contributed by atoms with Crippen LogP contribution >= 0.6 is 0 Å². The van der Waals surface area contributed by atoms with E-state index in [1.165, 1.54) is 26.0 Å². The number of nitrogens with one attached hydrogen (secondary N) is 1. The van der Waals surface area contributed by atoms with Crippen molar-refractivity contribution in [1.29, 1.82) is 0 Å². The zero-order valence-corrected chi connectivity index (χ0v) is 16.0. The van der Waals surface area contributed by atoms with Crippen LogP contribution in [0.1, 0.15) is 52.8 Å². The molecule has 1 unspecified atom stereocenters. The van der Waals surface area contributed by atoms with Gasteiger partial charge in [-0.15, -0.1) is 13.2 Å². The molecule has 0 saturated heterocycles. The van der Waals surface area contributed by atoms with E-state index in [-0.39, 0.29) is 35.1 Å². The van der Waals surface area contributed by atoms with Crippen LogP contribution in [0, 0.1) is 13.8 Å². The fraction of sp³-hybridized carbons (Fsp3) is 0.350. The van der Waals surface area contributed by atoms with Crippen molar-refractivity contribution in [2.24, 2.45) is 0 Å². The minimum atomic E-state index is -4.79. The summed E-state index contributed by atoms with van der Waals surface area (Å²) in [6, 6.07) is 6.90. The quantitative estimate of drug-likeness (QED) is 0.797. The van der Waals surface area contributed by atoms with Crippen molar-refractivity contribution in [3.63, 3.8) is 0 Å². The van der Waals surface area contributed by atoms with Crippen molar-refractivity contribution >= 4 is 11.7 Å². The van der Waals surface area contributed by atoms with E-state index in [9.17, 15) is 22.8 Å². The minimum absolute atomic E-state index is 0.0163. The Kier molecular flexibility index (Phi) is 6.43. The van der Waals surface area contributed by atoms with E-state index in [4.69, 9.17) is 0 Å². The molecule has 0 bridgehead atoms. The molecule has 8 heteroatoms. The molecule has 1 aromatic heterocycles. The Labute approximate surface area is 160 Å². The molecule has 0 aliphatic rings. The average Bonchev–Trinajstić information content (AvgIpc) is 2.54. The molecule has 1 heterocycles. The summed E-state index contributed by atoms with van der Waals surface area (Å²) in [5.41, 5.74) is 2.54. The lowest BCUT2D eigenvalue weighted by molar-refractivity contribution is -0.274. The number of aryl methyl sites for hydroxylation is 2. The SMILES string of the molecule is CC(=O)Cc1cc(C(C)NC(=O)c2ccc(OC(F)(F)F)c(C)c2)cc(C)n1. The van der Waals surface area contributed by atoms with Crippen molar-refractivity contribution < 1.29 is 27.5 Å². The van der Waals surface area contributed by atoms with Crippen molar-refractivity contribution in [1.82, 2.24) is 10.3 Å². The van der Waals surface area contributed by atoms with Gasteiger partial charge in [-0.25, -0.2) is 0 Å². The Morgan fingerprint density at radius 3 is 2.43 bits per heavy atom. The third-order valence-corrected chi connectivity index (χ3v) is 3.97. The Balaban J connectivity index is 2.15. The lowest BCUT2D eigenvalue weighted by atomic mass is 10.0. The fourth-order valence-corrected chi connectivity index (χ4v) is 2.76. The van der Waals surface area contributed by atoms with Gasteiger partial charge in [0.05, 0.1) is 6.04 Å². The molecule has 1 aromatic carbocycles. The summed E-state index contributed by atoms with van der Waals surface area (Å²) in [7, 11) is 0. The standard InChI is InChI=1S/C20H21F3N2O3/c1-11-7-15(5-6-18(11)28-20(21,22)23)19(27)25-14(4)16-8-12(2)24-17(10-16)9-13(3)26/h5-8,10,14H,9H2,1-4H3,(H,25,27). The molecule has 5 nitrogen and oxygen atoms in total. The lowest BCUT2D eigenvalue weighted by Crippen LogP contribution is -2.27. The highest BCUT2D eigenvalue weighted by atomic mass is 19.4. The Morgan fingerprint density at radius 2 is 1.86 bits per heavy atom. The Hall–Kier alpha value is -2.90. The van der Waals surface area contributed by atoms with Crippen LogP contribution < -0.4 is 10.1 Å². The Bertz CT molecular complexity index is 895. The molecule has 1 amide bonds. The van der Waals surface area contributed by atoms with E-state index in [2.05, 4.69) is 15.0 Å². The molecule has 0 fully saturated rings. The molecule has 2 rings (SSSR count). The molecule has 0 radical (unpaired) electrons. The van der Waals surface area contributed by atoms with Crippen molar-refractivity contribution in [2.45, 2.75) is 46.5 Å². The maximum absolute atomic E-state index is 12.5. The first-order chi connectivity index (χ1) is 12.9. The van der Waals surface area contributed by atoms with E-state index >= 15 is 0 Å². The number of nitrogens with zero attached hydrogens (tertiary/aromatic N) is 1. The number of pyridine rings is 1. The fourth-order valence-electron chi connectivity index (χ4n) is 2.76. The number of amides is 1. The number of hydrogen-bond donors (Lipinski definition) is 1. The molecular formula is C20H21F3N2O3. The molecule has 0 aliphatic heterocycles. The van der Waals surface area contributed by atoms with Crippen LogP contribution in [-0.4, -0.2) is 23.0 Å². The largest absolute Gasteiger partial charge is 0.573 e. The van der Waals surface area contributed by atoms with Crippen LogP contribution in [0.5, 0.6) is 5.75 Å². The minimum Gasteiger partial charge on any atom is -0.406 e. The van der Waals surface area contributed by atoms with Crippen LogP contribution in [0.4, 0.5) is 13.2 Å². The summed E-state index contributed by atoms with van der Waals surface area (Å²) in [6.07, 6.45) is -4.59. The third kappa shape index (κ3) is 6.07. The highest BCUT2D eigenvalue weighted by molar-refractivity contribution is 5.94. The smallest absolute Gasteiger partial charge is 0.406 e. The lowest BCUT2D eigenvalue weighted by Gasteiger charge is -2.17. The van der Waals surface area contributed by atoms with Gasteiger partial charge in [-0.2, -0.15) is 0 Å². The molecule has 1 atom stereocenters. The molecule has 150 valence electrons. The number of benzene rings is 1. The molecule has 0 saturated carbocycles. The van der Waals surface area contributed by atoms with Crippen LogP contribution in [0.2, 0.25) is 0 Å². The van der Waals surface area contributed by atoms with Gasteiger partial charge >= 0.3 is 6.36 Å². The summed E-state index contributed by atoms with van der Waals surface area (Å²) in [5, 5.41) is 2.80. The number of ether oxygens (including phenoxy) is 1. The second-order valence-electron chi connectivity index (χ2n) is 6.64. The van der Waals surface area contributed by atoms with Crippen molar-refractivity contribution in [3.8, 4) is 5.75 Å². The number of alkyl halides is 3. The number of carbonyl (C=O) groups is 2. The van der Waals surface area contributed by atoms with Gasteiger partial charge in [-0.05, 0) is 69.2 Å². The Morgan fingerprint density at radius 1 is 1.18 bits per heavy atom. The van der Waals surface area contributed by atoms with Crippen LogP contribution in [0.15, 0.2) is 30.3 Å². The predicted molar refractivity (Wildman–Crippen MR) is 97.1 cm³/mol. The second-order valence-corrected chi connectivity index (χ2v) is 6.64. The summed E-state index contributed by atoms with van der Waals surface area (Å²) in [5.74, 6) is -0.801. The summed E-state index contributed by atoms with van der Waals surface area (Å²) >= 11 is 0. The van der Waals surface area contributed by atoms with Gasteiger partial charge in [-0.3, -0.25) is 14.6 Å². The zero-order chi connectivity index (χ0) is 21.1. The van der Waals surface area contributed by atoms with Gasteiger partial charge in [-0.1, -0.05) is 0 Å². The number of rotatable bonds is 6. The average molecular weight is 394 g/mol. The first-order valence-electron chi connectivity index (χ1n) is 8.59. The van der Waals surface area contributed by atoms with E-state index in [0.29, 0.717) is 5.69 Å². The number of carbonyl (C=O) groups excluding carboxylic acids is 2.